The number of ketones is 1. The second-order valence-electron chi connectivity index (χ2n) is 6.95. The topological polar surface area (TPSA) is 107 Å². The molecule has 1 N–H and O–H groups in total. The first-order valence-corrected chi connectivity index (χ1v) is 11.4. The van der Waals surface area contributed by atoms with E-state index in [1.807, 2.05) is 13.8 Å². The molecule has 10 heteroatoms. The Bertz CT molecular complexity index is 1420. The van der Waals surface area contributed by atoms with E-state index in [1.165, 1.54) is 11.3 Å². The van der Waals surface area contributed by atoms with E-state index in [4.69, 9.17) is 4.74 Å². The van der Waals surface area contributed by atoms with Crippen LogP contribution in [-0.4, -0.2) is 44.8 Å². The number of H-pyrrole nitrogens is 1. The predicted octanol–water partition coefficient (Wildman–Crippen LogP) is 2.93. The summed E-state index contributed by atoms with van der Waals surface area (Å²) in [7, 11) is 1.56. The first-order valence-electron chi connectivity index (χ1n) is 9.55. The largest absolute Gasteiger partial charge is 0.383 e. The molecule has 3 heterocycles. The van der Waals surface area contributed by atoms with Crippen molar-refractivity contribution >= 4 is 50.0 Å². The highest BCUT2D eigenvalue weighted by atomic mass is 32.2. The number of rotatable bonds is 7. The number of aromatic amines is 1. The second kappa shape index (κ2) is 8.74. The Hall–Kier alpha value is -2.82. The van der Waals surface area contributed by atoms with Crippen LogP contribution in [0.2, 0.25) is 0 Å². The number of fused-ring (bicyclic) bond motifs is 2. The summed E-state index contributed by atoms with van der Waals surface area (Å²) in [6.45, 7) is 4.54. The molecule has 0 aliphatic rings. The summed E-state index contributed by atoms with van der Waals surface area (Å²) < 4.78 is 6.68. The third-order valence-corrected chi connectivity index (χ3v) is 7.06. The molecule has 0 atom stereocenters. The Balaban J connectivity index is 1.67. The minimum atomic E-state index is -0.361. The molecule has 4 aromatic rings. The quantitative estimate of drug-likeness (QED) is 0.259. The van der Waals surface area contributed by atoms with Crippen molar-refractivity contribution in [1.29, 1.82) is 0 Å². The average molecular weight is 457 g/mol. The zero-order chi connectivity index (χ0) is 22.1. The van der Waals surface area contributed by atoms with E-state index >= 15 is 0 Å². The van der Waals surface area contributed by atoms with Crippen molar-refractivity contribution < 1.29 is 9.53 Å². The van der Waals surface area contributed by atoms with Crippen LogP contribution in [0.15, 0.2) is 39.0 Å². The SMILES string of the molecule is COCCn1c(SCC(=O)c2nc3ccccc3c(=O)[nH]2)nc2sc(C)c(C)c2c1=O. The van der Waals surface area contributed by atoms with Gasteiger partial charge in [-0.25, -0.2) is 9.97 Å². The van der Waals surface area contributed by atoms with Crippen molar-refractivity contribution in [2.45, 2.75) is 25.5 Å². The van der Waals surface area contributed by atoms with E-state index in [1.54, 1.807) is 35.9 Å². The van der Waals surface area contributed by atoms with Gasteiger partial charge in [-0.3, -0.25) is 19.0 Å². The van der Waals surface area contributed by atoms with Gasteiger partial charge in [-0.15, -0.1) is 11.3 Å². The summed E-state index contributed by atoms with van der Waals surface area (Å²) in [5.74, 6) is -0.375. The van der Waals surface area contributed by atoms with Crippen molar-refractivity contribution in [2.75, 3.05) is 19.5 Å². The Labute approximate surface area is 185 Å². The third kappa shape index (κ3) is 4.06. The molecule has 0 amide bonds. The molecule has 0 aliphatic carbocycles. The lowest BCUT2D eigenvalue weighted by atomic mass is 10.2. The maximum absolute atomic E-state index is 13.1. The van der Waals surface area contributed by atoms with Gasteiger partial charge in [0.15, 0.2) is 11.0 Å². The Morgan fingerprint density at radius 2 is 2.00 bits per heavy atom. The minimum Gasteiger partial charge on any atom is -0.383 e. The second-order valence-corrected chi connectivity index (χ2v) is 9.10. The summed E-state index contributed by atoms with van der Waals surface area (Å²) in [6.07, 6.45) is 0. The number of methoxy groups -OCH3 is 1. The van der Waals surface area contributed by atoms with E-state index in [0.717, 1.165) is 22.2 Å². The standard InChI is InChI=1S/C21H20N4O4S2/c1-11-12(2)31-19-16(11)20(28)25(8-9-29-3)21(24-19)30-10-15(26)17-22-14-7-5-4-6-13(14)18(27)23-17/h4-7H,8-10H2,1-3H3,(H,22,23,27). The van der Waals surface area contributed by atoms with Crippen molar-refractivity contribution in [3.8, 4) is 0 Å². The summed E-state index contributed by atoms with van der Waals surface area (Å²) in [5.41, 5.74) is 0.881. The number of carbonyl (C=O) groups excluding carboxylic acids is 1. The van der Waals surface area contributed by atoms with Gasteiger partial charge in [0.05, 0.1) is 35.2 Å². The first kappa shape index (κ1) is 21.4. The third-order valence-electron chi connectivity index (χ3n) is 4.98. The molecule has 8 nitrogen and oxygen atoms in total. The van der Waals surface area contributed by atoms with Gasteiger partial charge >= 0.3 is 0 Å². The summed E-state index contributed by atoms with van der Waals surface area (Å²) in [5, 5.41) is 1.47. The van der Waals surface area contributed by atoms with Crippen LogP contribution in [0.4, 0.5) is 0 Å². The number of aromatic nitrogens is 4. The van der Waals surface area contributed by atoms with Crippen molar-refractivity contribution in [1.82, 2.24) is 19.5 Å². The number of para-hydroxylation sites is 1. The Kier molecular flexibility index (Phi) is 6.03. The minimum absolute atomic E-state index is 0.00845. The molecule has 160 valence electrons. The molecule has 0 bridgehead atoms. The summed E-state index contributed by atoms with van der Waals surface area (Å²) >= 11 is 2.61. The Morgan fingerprint density at radius 3 is 2.77 bits per heavy atom. The number of aryl methyl sites for hydroxylation is 2. The highest BCUT2D eigenvalue weighted by molar-refractivity contribution is 7.99. The molecule has 4 rings (SSSR count). The van der Waals surface area contributed by atoms with E-state index < -0.39 is 0 Å². The first-order chi connectivity index (χ1) is 14.9. The molecule has 0 unspecified atom stereocenters. The zero-order valence-corrected chi connectivity index (χ0v) is 18.9. The number of hydrogen-bond donors (Lipinski definition) is 1. The normalized spacial score (nSPS) is 11.5. The van der Waals surface area contributed by atoms with Gasteiger partial charge in [0, 0.05) is 12.0 Å². The fourth-order valence-corrected chi connectivity index (χ4v) is 5.18. The lowest BCUT2D eigenvalue weighted by Gasteiger charge is -2.11. The van der Waals surface area contributed by atoms with Gasteiger partial charge in [0.2, 0.25) is 5.78 Å². The van der Waals surface area contributed by atoms with Crippen LogP contribution >= 0.6 is 23.1 Å². The van der Waals surface area contributed by atoms with Crippen LogP contribution in [0.3, 0.4) is 0 Å². The maximum atomic E-state index is 13.1. The van der Waals surface area contributed by atoms with Crippen molar-refractivity contribution in [3.05, 3.63) is 61.2 Å². The maximum Gasteiger partial charge on any atom is 0.263 e. The average Bonchev–Trinajstić information content (AvgIpc) is 3.05. The van der Waals surface area contributed by atoms with Gasteiger partial charge in [-0.1, -0.05) is 23.9 Å². The number of benzene rings is 1. The number of thiophene rings is 1. The lowest BCUT2D eigenvalue weighted by molar-refractivity contribution is 0.101. The number of nitrogens with zero attached hydrogens (tertiary/aromatic N) is 3. The van der Waals surface area contributed by atoms with Crippen LogP contribution in [0, 0.1) is 13.8 Å². The van der Waals surface area contributed by atoms with Gasteiger partial charge in [-0.05, 0) is 31.5 Å². The molecule has 0 radical (unpaired) electrons. The number of carbonyl (C=O) groups is 1. The summed E-state index contributed by atoms with van der Waals surface area (Å²) in [4.78, 5) is 51.3. The predicted molar refractivity (Wildman–Crippen MR) is 123 cm³/mol. The molecule has 0 spiro atoms. The summed E-state index contributed by atoms with van der Waals surface area (Å²) in [6, 6.07) is 6.85. The molecular weight excluding hydrogens is 436 g/mol. The molecular formula is C21H20N4O4S2. The van der Waals surface area contributed by atoms with E-state index in [0.29, 0.717) is 39.4 Å². The molecule has 0 aliphatic heterocycles. The van der Waals surface area contributed by atoms with Crippen molar-refractivity contribution in [3.63, 3.8) is 0 Å². The fraction of sp³-hybridized carbons (Fsp3) is 0.286. The lowest BCUT2D eigenvalue weighted by Crippen LogP contribution is -2.25. The zero-order valence-electron chi connectivity index (χ0n) is 17.2. The molecule has 3 aromatic heterocycles. The van der Waals surface area contributed by atoms with Crippen LogP contribution in [0.5, 0.6) is 0 Å². The van der Waals surface area contributed by atoms with Crippen LogP contribution in [-0.2, 0) is 11.3 Å². The molecule has 0 saturated heterocycles. The highest BCUT2D eigenvalue weighted by Crippen LogP contribution is 2.28. The molecule has 1 aromatic carbocycles. The Morgan fingerprint density at radius 1 is 1.23 bits per heavy atom. The number of Topliss-reactive ketones (excluding diaryl/α,β-unsaturated/α-hetero) is 1. The van der Waals surface area contributed by atoms with E-state index in [-0.39, 0.29) is 28.5 Å². The highest BCUT2D eigenvalue weighted by Gasteiger charge is 2.19. The van der Waals surface area contributed by atoms with Gasteiger partial charge in [-0.2, -0.15) is 0 Å². The van der Waals surface area contributed by atoms with Gasteiger partial charge in [0.25, 0.3) is 11.1 Å². The van der Waals surface area contributed by atoms with Crippen LogP contribution in [0.25, 0.3) is 21.1 Å². The number of thioether (sulfide) groups is 1. The number of nitrogens with one attached hydrogen (secondary N) is 1. The number of hydrogen-bond acceptors (Lipinski definition) is 8. The molecule has 31 heavy (non-hydrogen) atoms. The van der Waals surface area contributed by atoms with E-state index in [2.05, 4.69) is 15.0 Å². The van der Waals surface area contributed by atoms with Crippen LogP contribution in [0.1, 0.15) is 21.1 Å². The molecule has 0 saturated carbocycles. The monoisotopic (exact) mass is 456 g/mol. The van der Waals surface area contributed by atoms with Crippen molar-refractivity contribution in [2.24, 2.45) is 0 Å². The van der Waals surface area contributed by atoms with Gasteiger partial charge in [0.1, 0.15) is 4.83 Å². The van der Waals surface area contributed by atoms with E-state index in [9.17, 15) is 14.4 Å². The van der Waals surface area contributed by atoms with Crippen LogP contribution < -0.4 is 11.1 Å². The smallest absolute Gasteiger partial charge is 0.263 e. The fourth-order valence-electron chi connectivity index (χ4n) is 3.22. The molecule has 0 fully saturated rings. The number of ether oxygens (including phenoxy) is 1. The van der Waals surface area contributed by atoms with Gasteiger partial charge < -0.3 is 9.72 Å².